The Morgan fingerprint density at radius 3 is 2.53 bits per heavy atom. The number of ether oxygens (including phenoxy) is 1. The maximum absolute atomic E-state index is 13.2. The van der Waals surface area contributed by atoms with Gasteiger partial charge in [-0.25, -0.2) is 12.8 Å². The number of hydrogen-bond acceptors (Lipinski definition) is 3. The number of rotatable bonds is 3. The standard InChI is InChI=1S/C8H7Cl2FO3S/c1-14-6-2-5(4-15(10,12)13)8(9)7(11)3-6/h2-3H,4H2,1H3. The van der Waals surface area contributed by atoms with Crippen molar-refractivity contribution in [1.29, 1.82) is 0 Å². The van der Waals surface area contributed by atoms with Crippen LogP contribution in [0.2, 0.25) is 5.02 Å². The van der Waals surface area contributed by atoms with E-state index < -0.39 is 20.6 Å². The molecule has 1 aromatic carbocycles. The van der Waals surface area contributed by atoms with Gasteiger partial charge >= 0.3 is 0 Å². The lowest BCUT2D eigenvalue weighted by Gasteiger charge is -2.06. The fourth-order valence-electron chi connectivity index (χ4n) is 1.03. The Labute approximate surface area is 96.2 Å². The molecule has 0 saturated heterocycles. The van der Waals surface area contributed by atoms with Gasteiger partial charge in [-0.05, 0) is 11.6 Å². The molecule has 0 bridgehead atoms. The summed E-state index contributed by atoms with van der Waals surface area (Å²) < 4.78 is 39.5. The van der Waals surface area contributed by atoms with Gasteiger partial charge in [0.05, 0.1) is 17.9 Å². The van der Waals surface area contributed by atoms with Crippen LogP contribution in [0.5, 0.6) is 5.75 Å². The van der Waals surface area contributed by atoms with Gasteiger partial charge in [-0.15, -0.1) is 0 Å². The van der Waals surface area contributed by atoms with E-state index in [1.165, 1.54) is 13.2 Å². The molecule has 1 rings (SSSR count). The number of halogens is 3. The van der Waals surface area contributed by atoms with Crippen LogP contribution in [0.15, 0.2) is 12.1 Å². The molecule has 0 radical (unpaired) electrons. The minimum atomic E-state index is -3.78. The Morgan fingerprint density at radius 1 is 1.47 bits per heavy atom. The molecule has 0 atom stereocenters. The Bertz CT molecular complexity index is 473. The van der Waals surface area contributed by atoms with E-state index in [-0.39, 0.29) is 16.3 Å². The molecule has 15 heavy (non-hydrogen) atoms. The number of methoxy groups -OCH3 is 1. The first-order valence-corrected chi connectivity index (χ1v) is 6.63. The topological polar surface area (TPSA) is 43.4 Å². The summed E-state index contributed by atoms with van der Waals surface area (Å²) in [5.74, 6) is -1.10. The first-order valence-electron chi connectivity index (χ1n) is 3.77. The van der Waals surface area contributed by atoms with Crippen molar-refractivity contribution in [2.45, 2.75) is 5.75 Å². The van der Waals surface area contributed by atoms with Crippen molar-refractivity contribution < 1.29 is 17.5 Å². The smallest absolute Gasteiger partial charge is 0.236 e. The third-order valence-corrected chi connectivity index (χ3v) is 3.05. The average Bonchev–Trinajstić information content (AvgIpc) is 2.10. The van der Waals surface area contributed by atoms with E-state index in [0.717, 1.165) is 6.07 Å². The highest BCUT2D eigenvalue weighted by atomic mass is 35.7. The van der Waals surface area contributed by atoms with Gasteiger partial charge in [0.1, 0.15) is 11.6 Å². The Kier molecular flexibility index (Phi) is 3.81. The van der Waals surface area contributed by atoms with Gasteiger partial charge in [-0.1, -0.05) is 11.6 Å². The second-order valence-electron chi connectivity index (χ2n) is 2.77. The van der Waals surface area contributed by atoms with E-state index in [4.69, 9.17) is 27.0 Å². The maximum atomic E-state index is 13.2. The quantitative estimate of drug-likeness (QED) is 0.795. The molecule has 0 fully saturated rings. The van der Waals surface area contributed by atoms with Gasteiger partial charge in [0.25, 0.3) is 0 Å². The van der Waals surface area contributed by atoms with Crippen LogP contribution in [0, 0.1) is 5.82 Å². The molecule has 0 spiro atoms. The highest BCUT2D eigenvalue weighted by Crippen LogP contribution is 2.27. The molecule has 0 aromatic heterocycles. The summed E-state index contributed by atoms with van der Waals surface area (Å²) in [7, 11) is 2.60. The number of hydrogen-bond donors (Lipinski definition) is 0. The molecular formula is C8H7Cl2FO3S. The predicted molar refractivity (Wildman–Crippen MR) is 56.4 cm³/mol. The van der Waals surface area contributed by atoms with Gasteiger partial charge in [-0.2, -0.15) is 0 Å². The predicted octanol–water partition coefficient (Wildman–Crippen LogP) is 2.56. The lowest BCUT2D eigenvalue weighted by atomic mass is 10.2. The summed E-state index contributed by atoms with van der Waals surface area (Å²) in [5.41, 5.74) is 0.0727. The van der Waals surface area contributed by atoms with E-state index in [1.807, 2.05) is 0 Å². The van der Waals surface area contributed by atoms with Crippen LogP contribution in [0.3, 0.4) is 0 Å². The van der Waals surface area contributed by atoms with Crippen molar-refractivity contribution in [2.75, 3.05) is 7.11 Å². The first-order chi connectivity index (χ1) is 6.83. The minimum Gasteiger partial charge on any atom is -0.497 e. The monoisotopic (exact) mass is 272 g/mol. The maximum Gasteiger partial charge on any atom is 0.236 e. The highest BCUT2D eigenvalue weighted by Gasteiger charge is 2.15. The average molecular weight is 273 g/mol. The van der Waals surface area contributed by atoms with Crippen LogP contribution in [-0.2, 0) is 14.8 Å². The molecule has 0 aliphatic heterocycles. The van der Waals surface area contributed by atoms with Crippen LogP contribution in [0.4, 0.5) is 4.39 Å². The summed E-state index contributed by atoms with van der Waals surface area (Å²) in [6.07, 6.45) is 0. The van der Waals surface area contributed by atoms with Crippen LogP contribution >= 0.6 is 22.3 Å². The summed E-state index contributed by atoms with van der Waals surface area (Å²) in [4.78, 5) is 0. The summed E-state index contributed by atoms with van der Waals surface area (Å²) >= 11 is 5.57. The van der Waals surface area contributed by atoms with Crippen LogP contribution in [-0.4, -0.2) is 15.5 Å². The second kappa shape index (κ2) is 4.55. The number of benzene rings is 1. The lowest BCUT2D eigenvalue weighted by Crippen LogP contribution is -1.98. The van der Waals surface area contributed by atoms with Gasteiger partial charge in [-0.3, -0.25) is 0 Å². The third kappa shape index (κ3) is 3.52. The summed E-state index contributed by atoms with van der Waals surface area (Å²) in [6.45, 7) is 0. The zero-order valence-electron chi connectivity index (χ0n) is 7.63. The van der Waals surface area contributed by atoms with Gasteiger partial charge in [0.15, 0.2) is 0 Å². The van der Waals surface area contributed by atoms with E-state index >= 15 is 0 Å². The molecule has 0 heterocycles. The Balaban J connectivity index is 3.22. The Morgan fingerprint density at radius 2 is 2.07 bits per heavy atom. The van der Waals surface area contributed by atoms with Crippen LogP contribution in [0.25, 0.3) is 0 Å². The molecule has 84 valence electrons. The summed E-state index contributed by atoms with van der Waals surface area (Å²) in [5, 5.41) is -0.264. The fraction of sp³-hybridized carbons (Fsp3) is 0.250. The molecule has 0 unspecified atom stereocenters. The summed E-state index contributed by atoms with van der Waals surface area (Å²) in [6, 6.07) is 2.39. The second-order valence-corrected chi connectivity index (χ2v) is 5.92. The van der Waals surface area contributed by atoms with E-state index in [1.54, 1.807) is 0 Å². The van der Waals surface area contributed by atoms with Crippen molar-refractivity contribution in [3.8, 4) is 5.75 Å². The molecule has 0 aliphatic carbocycles. The fourth-order valence-corrected chi connectivity index (χ4v) is 2.23. The minimum absolute atomic E-state index is 0.0727. The third-order valence-electron chi connectivity index (χ3n) is 1.64. The molecule has 0 saturated carbocycles. The van der Waals surface area contributed by atoms with Crippen molar-refractivity contribution in [3.05, 3.63) is 28.5 Å². The SMILES string of the molecule is COc1cc(F)c(Cl)c(CS(=O)(=O)Cl)c1. The highest BCUT2D eigenvalue weighted by molar-refractivity contribution is 8.13. The molecule has 0 amide bonds. The molecule has 1 aromatic rings. The van der Waals surface area contributed by atoms with E-state index in [9.17, 15) is 12.8 Å². The first kappa shape index (κ1) is 12.5. The zero-order chi connectivity index (χ0) is 11.6. The van der Waals surface area contributed by atoms with E-state index in [2.05, 4.69) is 0 Å². The molecule has 0 N–H and O–H groups in total. The van der Waals surface area contributed by atoms with Crippen molar-refractivity contribution in [1.82, 2.24) is 0 Å². The van der Waals surface area contributed by atoms with E-state index in [0.29, 0.717) is 0 Å². The van der Waals surface area contributed by atoms with Crippen LogP contribution < -0.4 is 4.74 Å². The molecule has 3 nitrogen and oxygen atoms in total. The van der Waals surface area contributed by atoms with Crippen LogP contribution in [0.1, 0.15) is 5.56 Å². The lowest BCUT2D eigenvalue weighted by molar-refractivity contribution is 0.411. The molecule has 0 aliphatic rings. The van der Waals surface area contributed by atoms with Gasteiger partial charge < -0.3 is 4.74 Å². The van der Waals surface area contributed by atoms with Gasteiger partial charge in [0, 0.05) is 16.7 Å². The molecule has 7 heteroatoms. The molecular weight excluding hydrogens is 266 g/mol. The zero-order valence-corrected chi connectivity index (χ0v) is 9.96. The van der Waals surface area contributed by atoms with Gasteiger partial charge in [0.2, 0.25) is 9.05 Å². The van der Waals surface area contributed by atoms with Crippen molar-refractivity contribution >= 4 is 31.3 Å². The van der Waals surface area contributed by atoms with Crippen molar-refractivity contribution in [2.24, 2.45) is 0 Å². The normalized spacial score (nSPS) is 11.5. The van der Waals surface area contributed by atoms with Crippen molar-refractivity contribution in [3.63, 3.8) is 0 Å². The largest absolute Gasteiger partial charge is 0.497 e. The Hall–Kier alpha value is -0.520.